The fourth-order valence-corrected chi connectivity index (χ4v) is 5.21. The molecule has 35 heavy (non-hydrogen) atoms. The molecule has 0 spiro atoms. The molecule has 3 aromatic rings. The standard InChI is InChI=1S/C26H25Cl4N3O2/c1-17-12-19(27)13-23(30)26(17)35-16-25(34)31-20-6-7-24(22(29)14-20)33-10-8-32(9-11-33)15-18-4-2-3-5-21(18)28/h2-7,12-14H,8-11,15-16H2,1H3,(H,31,34). The number of hydrogen-bond donors (Lipinski definition) is 1. The first-order valence-corrected chi connectivity index (χ1v) is 12.7. The van der Waals surface area contributed by atoms with Crippen LogP contribution in [0.4, 0.5) is 11.4 Å². The number of piperazine rings is 1. The number of ether oxygens (including phenoxy) is 1. The zero-order valence-electron chi connectivity index (χ0n) is 19.2. The van der Waals surface area contributed by atoms with Gasteiger partial charge in [-0.25, -0.2) is 0 Å². The normalized spacial score (nSPS) is 14.1. The van der Waals surface area contributed by atoms with Gasteiger partial charge in [0.15, 0.2) is 6.61 Å². The van der Waals surface area contributed by atoms with Crippen LogP contribution < -0.4 is 15.0 Å². The first kappa shape index (κ1) is 25.9. The molecule has 0 aromatic heterocycles. The van der Waals surface area contributed by atoms with Crippen LogP contribution in [-0.4, -0.2) is 43.6 Å². The lowest BCUT2D eigenvalue weighted by atomic mass is 10.2. The summed E-state index contributed by atoms with van der Waals surface area (Å²) in [6.07, 6.45) is 0. The predicted octanol–water partition coefficient (Wildman–Crippen LogP) is 6.95. The summed E-state index contributed by atoms with van der Waals surface area (Å²) >= 11 is 25.0. The van der Waals surface area contributed by atoms with Gasteiger partial charge in [-0.2, -0.15) is 0 Å². The Morgan fingerprint density at radius 2 is 1.66 bits per heavy atom. The Bertz CT molecular complexity index is 1190. The van der Waals surface area contributed by atoms with E-state index in [9.17, 15) is 4.79 Å². The molecule has 1 amide bonds. The average Bonchev–Trinajstić information content (AvgIpc) is 2.81. The zero-order chi connectivity index (χ0) is 24.9. The van der Waals surface area contributed by atoms with E-state index < -0.39 is 0 Å². The number of halogens is 4. The molecule has 1 heterocycles. The van der Waals surface area contributed by atoms with Gasteiger partial charge in [-0.05, 0) is 54.4 Å². The van der Waals surface area contributed by atoms with Crippen LogP contribution in [0.5, 0.6) is 5.75 Å². The van der Waals surface area contributed by atoms with Crippen molar-refractivity contribution >= 4 is 63.7 Å². The molecule has 4 rings (SSSR count). The number of amides is 1. The minimum absolute atomic E-state index is 0.186. The number of anilines is 2. The third-order valence-corrected chi connectivity index (χ3v) is 7.01. The lowest BCUT2D eigenvalue weighted by molar-refractivity contribution is -0.118. The highest BCUT2D eigenvalue weighted by molar-refractivity contribution is 6.35. The molecule has 0 radical (unpaired) electrons. The van der Waals surface area contributed by atoms with E-state index >= 15 is 0 Å². The Morgan fingerprint density at radius 1 is 0.914 bits per heavy atom. The molecule has 0 aliphatic carbocycles. The fraction of sp³-hybridized carbons (Fsp3) is 0.269. The molecule has 1 saturated heterocycles. The Morgan fingerprint density at radius 3 is 2.34 bits per heavy atom. The molecule has 1 aliphatic rings. The number of hydrogen-bond acceptors (Lipinski definition) is 4. The minimum Gasteiger partial charge on any atom is -0.482 e. The van der Waals surface area contributed by atoms with E-state index in [2.05, 4.69) is 21.2 Å². The van der Waals surface area contributed by atoms with Crippen molar-refractivity contribution in [1.29, 1.82) is 0 Å². The third-order valence-electron chi connectivity index (χ3n) is 5.84. The lowest BCUT2D eigenvalue weighted by Gasteiger charge is -2.36. The van der Waals surface area contributed by atoms with Gasteiger partial charge in [0, 0.05) is 48.5 Å². The summed E-state index contributed by atoms with van der Waals surface area (Å²) in [5.41, 5.74) is 3.44. The van der Waals surface area contributed by atoms with E-state index in [0.717, 1.165) is 54.6 Å². The van der Waals surface area contributed by atoms with Crippen LogP contribution in [0.1, 0.15) is 11.1 Å². The monoisotopic (exact) mass is 551 g/mol. The highest BCUT2D eigenvalue weighted by Gasteiger charge is 2.20. The van der Waals surface area contributed by atoms with Crippen LogP contribution >= 0.6 is 46.4 Å². The van der Waals surface area contributed by atoms with Crippen LogP contribution in [0.3, 0.4) is 0 Å². The van der Waals surface area contributed by atoms with E-state index in [-0.39, 0.29) is 12.5 Å². The number of benzene rings is 3. The number of carbonyl (C=O) groups is 1. The molecule has 3 aromatic carbocycles. The maximum atomic E-state index is 12.4. The first-order chi connectivity index (χ1) is 16.8. The van der Waals surface area contributed by atoms with Gasteiger partial charge in [0.25, 0.3) is 5.91 Å². The van der Waals surface area contributed by atoms with Gasteiger partial charge in [0.05, 0.1) is 15.7 Å². The van der Waals surface area contributed by atoms with Crippen molar-refractivity contribution < 1.29 is 9.53 Å². The van der Waals surface area contributed by atoms with Crippen molar-refractivity contribution in [2.75, 3.05) is 43.0 Å². The van der Waals surface area contributed by atoms with Crippen LogP contribution in [0.2, 0.25) is 20.1 Å². The second-order valence-corrected chi connectivity index (χ2v) is 10.0. The van der Waals surface area contributed by atoms with Crippen LogP contribution in [0.15, 0.2) is 54.6 Å². The zero-order valence-corrected chi connectivity index (χ0v) is 22.2. The smallest absolute Gasteiger partial charge is 0.262 e. The largest absolute Gasteiger partial charge is 0.482 e. The number of rotatable bonds is 7. The number of nitrogens with zero attached hydrogens (tertiary/aromatic N) is 2. The Labute approximate surface area is 225 Å². The summed E-state index contributed by atoms with van der Waals surface area (Å²) in [4.78, 5) is 17.0. The minimum atomic E-state index is -0.313. The lowest BCUT2D eigenvalue weighted by Crippen LogP contribution is -2.46. The second kappa shape index (κ2) is 11.7. The third kappa shape index (κ3) is 6.75. The van der Waals surface area contributed by atoms with Gasteiger partial charge in [0.2, 0.25) is 0 Å². The molecule has 0 saturated carbocycles. The summed E-state index contributed by atoms with van der Waals surface area (Å²) in [6.45, 7) is 5.98. The summed E-state index contributed by atoms with van der Waals surface area (Å²) < 4.78 is 5.61. The average molecular weight is 553 g/mol. The molecule has 5 nitrogen and oxygen atoms in total. The molecular formula is C26H25Cl4N3O2. The van der Waals surface area contributed by atoms with Gasteiger partial charge in [-0.1, -0.05) is 64.6 Å². The molecule has 1 aliphatic heterocycles. The summed E-state index contributed by atoms with van der Waals surface area (Å²) in [6, 6.07) is 16.8. The van der Waals surface area contributed by atoms with E-state index in [1.165, 1.54) is 0 Å². The van der Waals surface area contributed by atoms with E-state index in [4.69, 9.17) is 51.1 Å². The quantitative estimate of drug-likeness (QED) is 0.344. The van der Waals surface area contributed by atoms with Gasteiger partial charge in [-0.15, -0.1) is 0 Å². The molecule has 9 heteroatoms. The van der Waals surface area contributed by atoms with Gasteiger partial charge < -0.3 is 15.0 Å². The SMILES string of the molecule is Cc1cc(Cl)cc(Cl)c1OCC(=O)Nc1ccc(N2CCN(Cc3ccccc3Cl)CC2)c(Cl)c1. The van der Waals surface area contributed by atoms with Crippen LogP contribution in [0, 0.1) is 6.92 Å². The maximum absolute atomic E-state index is 12.4. The van der Waals surface area contributed by atoms with Crippen molar-refractivity contribution in [2.45, 2.75) is 13.5 Å². The molecule has 1 fully saturated rings. The van der Waals surface area contributed by atoms with Gasteiger partial charge >= 0.3 is 0 Å². The van der Waals surface area contributed by atoms with Crippen LogP contribution in [0.25, 0.3) is 0 Å². The van der Waals surface area contributed by atoms with E-state index in [0.29, 0.717) is 26.5 Å². The van der Waals surface area contributed by atoms with E-state index in [1.54, 1.807) is 18.2 Å². The Balaban J connectivity index is 1.30. The molecular weight excluding hydrogens is 528 g/mol. The van der Waals surface area contributed by atoms with Crippen molar-refractivity contribution in [2.24, 2.45) is 0 Å². The first-order valence-electron chi connectivity index (χ1n) is 11.2. The molecule has 0 bridgehead atoms. The second-order valence-electron chi connectivity index (χ2n) is 8.39. The van der Waals surface area contributed by atoms with Gasteiger partial charge in [0.1, 0.15) is 5.75 Å². The maximum Gasteiger partial charge on any atom is 0.262 e. The predicted molar refractivity (Wildman–Crippen MR) is 146 cm³/mol. The molecule has 0 atom stereocenters. The summed E-state index contributed by atoms with van der Waals surface area (Å²) in [7, 11) is 0. The molecule has 184 valence electrons. The van der Waals surface area contributed by atoms with Crippen LogP contribution in [-0.2, 0) is 11.3 Å². The fourth-order valence-electron chi connectivity index (χ4n) is 4.06. The highest BCUT2D eigenvalue weighted by atomic mass is 35.5. The van der Waals surface area contributed by atoms with E-state index in [1.807, 2.05) is 37.3 Å². The Hall–Kier alpha value is -2.15. The molecule has 1 N–H and O–H groups in total. The van der Waals surface area contributed by atoms with Gasteiger partial charge in [-0.3, -0.25) is 9.69 Å². The van der Waals surface area contributed by atoms with Crippen molar-refractivity contribution in [3.8, 4) is 5.75 Å². The number of aryl methyl sites for hydroxylation is 1. The van der Waals surface area contributed by atoms with Crippen molar-refractivity contribution in [1.82, 2.24) is 4.90 Å². The number of nitrogens with one attached hydrogen (secondary N) is 1. The van der Waals surface area contributed by atoms with Crippen molar-refractivity contribution in [3.05, 3.63) is 85.8 Å². The summed E-state index contributed by atoms with van der Waals surface area (Å²) in [5, 5.41) is 5.08. The number of carbonyl (C=O) groups excluding carboxylic acids is 1. The topological polar surface area (TPSA) is 44.8 Å². The summed E-state index contributed by atoms with van der Waals surface area (Å²) in [5.74, 6) is 0.126. The Kier molecular flexibility index (Phi) is 8.68. The highest BCUT2D eigenvalue weighted by Crippen LogP contribution is 2.32. The molecule has 0 unspecified atom stereocenters. The van der Waals surface area contributed by atoms with Crippen molar-refractivity contribution in [3.63, 3.8) is 0 Å².